The van der Waals surface area contributed by atoms with Gasteiger partial charge >= 0.3 is 0 Å². The molecule has 2 bridgehead atoms. The lowest BCUT2D eigenvalue weighted by Gasteiger charge is -2.19. The molecule has 2 aliphatic carbocycles. The van der Waals surface area contributed by atoms with Gasteiger partial charge < -0.3 is 10.4 Å². The maximum atomic E-state index is 8.88. The van der Waals surface area contributed by atoms with Crippen molar-refractivity contribution in [3.05, 3.63) is 12.2 Å². The summed E-state index contributed by atoms with van der Waals surface area (Å²) < 4.78 is 0. The first-order valence-electron chi connectivity index (χ1n) is 5.79. The molecule has 0 aromatic rings. The Balaban J connectivity index is 1.65. The molecule has 4 atom stereocenters. The minimum absolute atomic E-state index is 0.295. The van der Waals surface area contributed by atoms with Gasteiger partial charge in [-0.2, -0.15) is 0 Å². The van der Waals surface area contributed by atoms with E-state index in [4.69, 9.17) is 5.11 Å². The van der Waals surface area contributed by atoms with Gasteiger partial charge in [-0.3, -0.25) is 0 Å². The third-order valence-corrected chi connectivity index (χ3v) is 3.63. The Kier molecular flexibility index (Phi) is 3.24. The molecule has 0 saturated heterocycles. The summed E-state index contributed by atoms with van der Waals surface area (Å²) in [5, 5.41) is 12.3. The molecule has 0 aromatic carbocycles. The average Bonchev–Trinajstić information content (AvgIpc) is 2.79. The molecule has 0 spiro atoms. The second kappa shape index (κ2) is 4.45. The normalized spacial score (nSPS) is 36.6. The van der Waals surface area contributed by atoms with Gasteiger partial charge in [-0.25, -0.2) is 0 Å². The first kappa shape index (κ1) is 10.2. The van der Waals surface area contributed by atoms with E-state index in [-0.39, 0.29) is 0 Å². The Bertz CT molecular complexity index is 214. The van der Waals surface area contributed by atoms with Crippen LogP contribution in [0.25, 0.3) is 0 Å². The highest BCUT2D eigenvalue weighted by atomic mass is 16.3. The van der Waals surface area contributed by atoms with Crippen LogP contribution in [-0.4, -0.2) is 24.8 Å². The van der Waals surface area contributed by atoms with Crippen LogP contribution < -0.4 is 5.32 Å². The third kappa shape index (κ3) is 2.18. The first-order chi connectivity index (χ1) is 6.79. The SMILES string of the molecule is CC(CO)CNCC1CC2C=CC1C2. The maximum Gasteiger partial charge on any atom is 0.0468 e. The number of allylic oxidation sites excluding steroid dienone is 2. The monoisotopic (exact) mass is 195 g/mol. The summed E-state index contributed by atoms with van der Waals surface area (Å²) in [6.45, 7) is 4.46. The number of fused-ring (bicyclic) bond motifs is 2. The summed E-state index contributed by atoms with van der Waals surface area (Å²) in [6, 6.07) is 0. The van der Waals surface area contributed by atoms with E-state index in [1.54, 1.807) is 0 Å². The van der Waals surface area contributed by atoms with Crippen LogP contribution in [0.4, 0.5) is 0 Å². The van der Waals surface area contributed by atoms with Crippen molar-refractivity contribution >= 4 is 0 Å². The molecule has 2 N–H and O–H groups in total. The van der Waals surface area contributed by atoms with E-state index in [1.807, 2.05) is 0 Å². The van der Waals surface area contributed by atoms with Gasteiger partial charge in [0.2, 0.25) is 0 Å². The number of rotatable bonds is 5. The average molecular weight is 195 g/mol. The number of hydrogen-bond acceptors (Lipinski definition) is 2. The molecule has 1 saturated carbocycles. The van der Waals surface area contributed by atoms with Crippen LogP contribution in [0.5, 0.6) is 0 Å². The topological polar surface area (TPSA) is 32.3 Å². The molecule has 0 aliphatic heterocycles. The minimum atomic E-state index is 0.295. The Morgan fingerprint density at radius 1 is 1.43 bits per heavy atom. The summed E-state index contributed by atoms with van der Waals surface area (Å²) in [7, 11) is 0. The van der Waals surface area contributed by atoms with Crippen LogP contribution in [0.1, 0.15) is 19.8 Å². The van der Waals surface area contributed by atoms with Crippen molar-refractivity contribution in [2.24, 2.45) is 23.7 Å². The van der Waals surface area contributed by atoms with E-state index in [9.17, 15) is 0 Å². The number of nitrogens with one attached hydrogen (secondary N) is 1. The fourth-order valence-electron chi connectivity index (χ4n) is 2.71. The fourth-order valence-corrected chi connectivity index (χ4v) is 2.71. The smallest absolute Gasteiger partial charge is 0.0468 e. The lowest BCUT2D eigenvalue weighted by Crippen LogP contribution is -2.30. The van der Waals surface area contributed by atoms with Crippen LogP contribution in [-0.2, 0) is 0 Å². The zero-order valence-corrected chi connectivity index (χ0v) is 8.95. The highest BCUT2D eigenvalue weighted by Gasteiger charge is 2.34. The van der Waals surface area contributed by atoms with Crippen LogP contribution in [0.2, 0.25) is 0 Å². The van der Waals surface area contributed by atoms with Crippen LogP contribution in [0, 0.1) is 23.7 Å². The Labute approximate surface area is 86.4 Å². The molecule has 0 aromatic heterocycles. The molecule has 0 heterocycles. The van der Waals surface area contributed by atoms with Crippen LogP contribution in [0.15, 0.2) is 12.2 Å². The van der Waals surface area contributed by atoms with Crippen molar-refractivity contribution in [3.8, 4) is 0 Å². The molecule has 2 nitrogen and oxygen atoms in total. The van der Waals surface area contributed by atoms with Crippen LogP contribution in [0.3, 0.4) is 0 Å². The zero-order chi connectivity index (χ0) is 9.97. The number of aliphatic hydroxyl groups excluding tert-OH is 1. The highest BCUT2D eigenvalue weighted by Crippen LogP contribution is 2.42. The fraction of sp³-hybridized carbons (Fsp3) is 0.833. The second-order valence-electron chi connectivity index (χ2n) is 4.99. The van der Waals surface area contributed by atoms with Crippen molar-refractivity contribution in [1.82, 2.24) is 5.32 Å². The van der Waals surface area contributed by atoms with Crippen molar-refractivity contribution < 1.29 is 5.11 Å². The molecule has 0 radical (unpaired) electrons. The van der Waals surface area contributed by atoms with Crippen LogP contribution >= 0.6 is 0 Å². The molecule has 4 unspecified atom stereocenters. The maximum absolute atomic E-state index is 8.88. The predicted molar refractivity (Wildman–Crippen MR) is 58.0 cm³/mol. The Morgan fingerprint density at radius 3 is 2.86 bits per heavy atom. The summed E-state index contributed by atoms with van der Waals surface area (Å²) in [5.41, 5.74) is 0. The third-order valence-electron chi connectivity index (χ3n) is 3.63. The zero-order valence-electron chi connectivity index (χ0n) is 8.95. The van der Waals surface area contributed by atoms with Crippen molar-refractivity contribution in [1.29, 1.82) is 0 Å². The standard InChI is InChI=1S/C12H21NO/c1-9(8-14)6-13-7-12-5-10-2-3-11(12)4-10/h2-3,9-14H,4-8H2,1H3. The van der Waals surface area contributed by atoms with Gasteiger partial charge in [0.25, 0.3) is 0 Å². The van der Waals surface area contributed by atoms with Gasteiger partial charge in [-0.1, -0.05) is 19.1 Å². The van der Waals surface area contributed by atoms with Gasteiger partial charge in [-0.05, 0) is 49.6 Å². The van der Waals surface area contributed by atoms with Crippen molar-refractivity contribution in [2.75, 3.05) is 19.7 Å². The Morgan fingerprint density at radius 2 is 2.29 bits per heavy atom. The lowest BCUT2D eigenvalue weighted by molar-refractivity contribution is 0.231. The highest BCUT2D eigenvalue weighted by molar-refractivity contribution is 5.10. The molecule has 1 fully saturated rings. The summed E-state index contributed by atoms with van der Waals surface area (Å²) in [5.74, 6) is 2.97. The van der Waals surface area contributed by atoms with Crippen molar-refractivity contribution in [3.63, 3.8) is 0 Å². The van der Waals surface area contributed by atoms with E-state index in [2.05, 4.69) is 24.4 Å². The quantitative estimate of drug-likeness (QED) is 0.650. The number of hydrogen-bond donors (Lipinski definition) is 2. The molecule has 2 rings (SSSR count). The molecular weight excluding hydrogens is 174 g/mol. The van der Waals surface area contributed by atoms with Gasteiger partial charge in [0.05, 0.1) is 0 Å². The van der Waals surface area contributed by atoms with Gasteiger partial charge in [-0.15, -0.1) is 0 Å². The van der Waals surface area contributed by atoms with E-state index in [0.717, 1.165) is 30.8 Å². The largest absolute Gasteiger partial charge is 0.396 e. The van der Waals surface area contributed by atoms with E-state index in [0.29, 0.717) is 12.5 Å². The molecule has 14 heavy (non-hydrogen) atoms. The van der Waals surface area contributed by atoms with E-state index in [1.165, 1.54) is 12.8 Å². The van der Waals surface area contributed by atoms with Crippen molar-refractivity contribution in [2.45, 2.75) is 19.8 Å². The molecule has 2 aliphatic rings. The second-order valence-corrected chi connectivity index (χ2v) is 4.99. The molecule has 0 amide bonds. The predicted octanol–water partition coefficient (Wildman–Crippen LogP) is 1.42. The summed E-state index contributed by atoms with van der Waals surface area (Å²) in [4.78, 5) is 0. The van der Waals surface area contributed by atoms with E-state index < -0.39 is 0 Å². The summed E-state index contributed by atoms with van der Waals surface area (Å²) >= 11 is 0. The number of aliphatic hydroxyl groups is 1. The Hall–Kier alpha value is -0.340. The van der Waals surface area contributed by atoms with Gasteiger partial charge in [0, 0.05) is 6.61 Å². The van der Waals surface area contributed by atoms with Gasteiger partial charge in [0.1, 0.15) is 0 Å². The summed E-state index contributed by atoms with van der Waals surface area (Å²) in [6.07, 6.45) is 7.55. The van der Waals surface area contributed by atoms with E-state index >= 15 is 0 Å². The van der Waals surface area contributed by atoms with Gasteiger partial charge in [0.15, 0.2) is 0 Å². The minimum Gasteiger partial charge on any atom is -0.396 e. The molecule has 2 heteroatoms. The first-order valence-corrected chi connectivity index (χ1v) is 5.79. The lowest BCUT2D eigenvalue weighted by atomic mass is 9.93. The molecular formula is C12H21NO. The molecule has 80 valence electrons.